The van der Waals surface area contributed by atoms with Gasteiger partial charge >= 0.3 is 0 Å². The van der Waals surface area contributed by atoms with Gasteiger partial charge in [-0.25, -0.2) is 13.1 Å². The normalized spacial score (nSPS) is 13.7. The largest absolute Gasteiger partial charge is 0.383 e. The summed E-state index contributed by atoms with van der Waals surface area (Å²) < 4.78 is 32.4. The average Bonchev–Trinajstić information content (AvgIpc) is 2.39. The second kappa shape index (κ2) is 7.73. The molecule has 5 nitrogen and oxygen atoms in total. The minimum Gasteiger partial charge on any atom is -0.383 e. The molecule has 114 valence electrons. The van der Waals surface area contributed by atoms with Crippen molar-refractivity contribution in [3.05, 3.63) is 29.8 Å². The lowest BCUT2D eigenvalue weighted by molar-refractivity contribution is 0.157. The lowest BCUT2D eigenvalue weighted by atomic mass is 10.1. The molecule has 20 heavy (non-hydrogen) atoms. The molecule has 1 aromatic rings. The van der Waals surface area contributed by atoms with E-state index in [-0.39, 0.29) is 16.9 Å². The molecule has 1 unspecified atom stereocenters. The fraction of sp³-hybridized carbons (Fsp3) is 0.571. The third-order valence-electron chi connectivity index (χ3n) is 3.07. The van der Waals surface area contributed by atoms with Crippen LogP contribution < -0.4 is 10.0 Å². The van der Waals surface area contributed by atoms with Crippen molar-refractivity contribution >= 4 is 10.0 Å². The summed E-state index contributed by atoms with van der Waals surface area (Å²) >= 11 is 0. The first kappa shape index (κ1) is 17.1. The fourth-order valence-electron chi connectivity index (χ4n) is 1.80. The topological polar surface area (TPSA) is 67.4 Å². The van der Waals surface area contributed by atoms with Crippen LogP contribution in [0, 0.1) is 5.92 Å². The number of rotatable bonds is 8. The van der Waals surface area contributed by atoms with Gasteiger partial charge in [-0.05, 0) is 30.7 Å². The third-order valence-corrected chi connectivity index (χ3v) is 4.58. The molecule has 0 heterocycles. The van der Waals surface area contributed by atoms with Crippen LogP contribution in [0.1, 0.15) is 19.4 Å². The van der Waals surface area contributed by atoms with Gasteiger partial charge in [0.2, 0.25) is 10.0 Å². The highest BCUT2D eigenvalue weighted by molar-refractivity contribution is 7.89. The van der Waals surface area contributed by atoms with E-state index in [0.29, 0.717) is 13.2 Å². The molecule has 1 atom stereocenters. The lowest BCUT2D eigenvalue weighted by Crippen LogP contribution is -2.41. The monoisotopic (exact) mass is 300 g/mol. The van der Waals surface area contributed by atoms with Gasteiger partial charge in [-0.15, -0.1) is 0 Å². The molecule has 0 radical (unpaired) electrons. The molecule has 1 aromatic carbocycles. The zero-order chi connectivity index (χ0) is 15.2. The maximum Gasteiger partial charge on any atom is 0.240 e. The molecule has 2 N–H and O–H groups in total. The minimum absolute atomic E-state index is 0.160. The van der Waals surface area contributed by atoms with E-state index < -0.39 is 10.0 Å². The molecule has 0 bridgehead atoms. The standard InChI is InChI=1S/C14H24N2O3S/c1-11(2)14(10-19-4)16-20(17,18)13-7-5-12(6-8-13)9-15-3/h5-8,11,14-16H,9-10H2,1-4H3. The summed E-state index contributed by atoms with van der Waals surface area (Å²) in [6.45, 7) is 4.99. The Morgan fingerprint density at radius 2 is 1.80 bits per heavy atom. The van der Waals surface area contributed by atoms with Crippen molar-refractivity contribution in [1.29, 1.82) is 0 Å². The van der Waals surface area contributed by atoms with Crippen LogP contribution in [0.4, 0.5) is 0 Å². The Balaban J connectivity index is 2.86. The van der Waals surface area contributed by atoms with E-state index in [0.717, 1.165) is 5.56 Å². The van der Waals surface area contributed by atoms with Gasteiger partial charge < -0.3 is 10.1 Å². The van der Waals surface area contributed by atoms with Gasteiger partial charge in [0.25, 0.3) is 0 Å². The van der Waals surface area contributed by atoms with Crippen molar-refractivity contribution in [1.82, 2.24) is 10.0 Å². The van der Waals surface area contributed by atoms with Crippen molar-refractivity contribution in [2.75, 3.05) is 20.8 Å². The summed E-state index contributed by atoms with van der Waals surface area (Å²) in [5.74, 6) is 0.160. The number of sulfonamides is 1. The smallest absolute Gasteiger partial charge is 0.240 e. The first-order valence-corrected chi connectivity index (χ1v) is 8.14. The minimum atomic E-state index is -3.51. The highest BCUT2D eigenvalue weighted by Gasteiger charge is 2.22. The van der Waals surface area contributed by atoms with E-state index in [9.17, 15) is 8.42 Å². The summed E-state index contributed by atoms with van der Waals surface area (Å²) in [4.78, 5) is 0.277. The first-order valence-electron chi connectivity index (χ1n) is 6.65. The lowest BCUT2D eigenvalue weighted by Gasteiger charge is -2.21. The SMILES string of the molecule is CNCc1ccc(S(=O)(=O)NC(COC)C(C)C)cc1. The van der Waals surface area contributed by atoms with Gasteiger partial charge in [0, 0.05) is 19.7 Å². The van der Waals surface area contributed by atoms with Crippen LogP contribution in [0.2, 0.25) is 0 Å². The Bertz CT molecular complexity index is 498. The first-order chi connectivity index (χ1) is 9.40. The van der Waals surface area contributed by atoms with E-state index in [1.165, 1.54) is 0 Å². The van der Waals surface area contributed by atoms with Gasteiger partial charge in [0.1, 0.15) is 0 Å². The van der Waals surface area contributed by atoms with Crippen molar-refractivity contribution in [3.8, 4) is 0 Å². The molecule has 0 saturated heterocycles. The quantitative estimate of drug-likeness (QED) is 0.760. The molecular formula is C14H24N2O3S. The number of hydrogen-bond donors (Lipinski definition) is 2. The molecule has 6 heteroatoms. The van der Waals surface area contributed by atoms with E-state index in [1.54, 1.807) is 19.2 Å². The average molecular weight is 300 g/mol. The Hall–Kier alpha value is -0.950. The van der Waals surface area contributed by atoms with Gasteiger partial charge in [-0.3, -0.25) is 0 Å². The zero-order valence-corrected chi connectivity index (χ0v) is 13.3. The number of hydrogen-bond acceptors (Lipinski definition) is 4. The zero-order valence-electron chi connectivity index (χ0n) is 12.5. The van der Waals surface area contributed by atoms with Gasteiger partial charge in [0.15, 0.2) is 0 Å². The molecule has 0 saturated carbocycles. The summed E-state index contributed by atoms with van der Waals surface area (Å²) in [6.07, 6.45) is 0. The predicted octanol–water partition coefficient (Wildman–Crippen LogP) is 1.36. The fourth-order valence-corrected chi connectivity index (χ4v) is 3.17. The molecule has 0 aliphatic heterocycles. The summed E-state index contributed by atoms with van der Waals surface area (Å²) in [5, 5.41) is 3.02. The van der Waals surface area contributed by atoms with Crippen molar-refractivity contribution in [2.45, 2.75) is 31.3 Å². The highest BCUT2D eigenvalue weighted by Crippen LogP contribution is 2.13. The van der Waals surface area contributed by atoms with E-state index >= 15 is 0 Å². The number of nitrogens with one attached hydrogen (secondary N) is 2. The van der Waals surface area contributed by atoms with Crippen molar-refractivity contribution in [2.24, 2.45) is 5.92 Å². The maximum absolute atomic E-state index is 12.3. The van der Waals surface area contributed by atoms with Crippen LogP contribution >= 0.6 is 0 Å². The van der Waals surface area contributed by atoms with Gasteiger partial charge in [0.05, 0.1) is 11.5 Å². The molecule has 0 aliphatic rings. The van der Waals surface area contributed by atoms with E-state index in [1.807, 2.05) is 33.0 Å². The number of benzene rings is 1. The highest BCUT2D eigenvalue weighted by atomic mass is 32.2. The summed E-state index contributed by atoms with van der Waals surface area (Å²) in [6, 6.07) is 6.64. The third kappa shape index (κ3) is 4.86. The van der Waals surface area contributed by atoms with Crippen LogP contribution in [0.25, 0.3) is 0 Å². The molecule has 0 aliphatic carbocycles. The van der Waals surface area contributed by atoms with E-state index in [2.05, 4.69) is 10.0 Å². The molecule has 0 amide bonds. The Morgan fingerprint density at radius 1 is 1.20 bits per heavy atom. The Kier molecular flexibility index (Phi) is 6.61. The van der Waals surface area contributed by atoms with Crippen LogP contribution in [0.5, 0.6) is 0 Å². The predicted molar refractivity (Wildman–Crippen MR) is 80.0 cm³/mol. The Labute approximate surface area is 121 Å². The van der Waals surface area contributed by atoms with Crippen LogP contribution in [0.15, 0.2) is 29.2 Å². The number of ether oxygens (including phenoxy) is 1. The molecule has 0 fully saturated rings. The van der Waals surface area contributed by atoms with Crippen LogP contribution in [-0.4, -0.2) is 35.2 Å². The van der Waals surface area contributed by atoms with Gasteiger partial charge in [-0.1, -0.05) is 26.0 Å². The molecular weight excluding hydrogens is 276 g/mol. The molecule has 0 spiro atoms. The van der Waals surface area contributed by atoms with Crippen LogP contribution in [-0.2, 0) is 21.3 Å². The van der Waals surface area contributed by atoms with E-state index in [4.69, 9.17) is 4.74 Å². The molecule has 1 rings (SSSR count). The number of methoxy groups -OCH3 is 1. The Morgan fingerprint density at radius 3 is 2.25 bits per heavy atom. The second-order valence-corrected chi connectivity index (χ2v) is 6.82. The van der Waals surface area contributed by atoms with Crippen molar-refractivity contribution in [3.63, 3.8) is 0 Å². The summed E-state index contributed by atoms with van der Waals surface area (Å²) in [5.41, 5.74) is 1.05. The summed E-state index contributed by atoms with van der Waals surface area (Å²) in [7, 11) is -0.0917. The van der Waals surface area contributed by atoms with Gasteiger partial charge in [-0.2, -0.15) is 0 Å². The van der Waals surface area contributed by atoms with Crippen LogP contribution in [0.3, 0.4) is 0 Å². The molecule has 0 aromatic heterocycles. The maximum atomic E-state index is 12.3. The van der Waals surface area contributed by atoms with Crippen molar-refractivity contribution < 1.29 is 13.2 Å². The second-order valence-electron chi connectivity index (χ2n) is 5.10.